The second-order valence-corrected chi connectivity index (χ2v) is 12.4. The molecular formula is C32H40N4O2. The first-order valence-electron chi connectivity index (χ1n) is 15.0. The molecule has 4 heterocycles. The van der Waals surface area contributed by atoms with E-state index in [1.165, 1.54) is 64.2 Å². The third-order valence-corrected chi connectivity index (χ3v) is 10.2. The smallest absolute Gasteiger partial charge is 0.277 e. The summed E-state index contributed by atoms with van der Waals surface area (Å²) in [6, 6.07) is 14.0. The number of rotatable bonds is 4. The Labute approximate surface area is 225 Å². The second kappa shape index (κ2) is 10.1. The van der Waals surface area contributed by atoms with Crippen LogP contribution < -0.4 is 10.3 Å². The van der Waals surface area contributed by atoms with E-state index in [-0.39, 0.29) is 11.6 Å². The molecule has 2 aromatic heterocycles. The first kappa shape index (κ1) is 24.3. The van der Waals surface area contributed by atoms with E-state index in [0.717, 1.165) is 47.3 Å². The number of fused-ring (bicyclic) bond motifs is 5. The number of para-hydroxylation sites is 2. The minimum atomic E-state index is 0.0113. The predicted octanol–water partition coefficient (Wildman–Crippen LogP) is 6.38. The third kappa shape index (κ3) is 4.35. The Morgan fingerprint density at radius 2 is 1.55 bits per heavy atom. The zero-order chi connectivity index (χ0) is 25.6. The van der Waals surface area contributed by atoms with E-state index in [2.05, 4.69) is 20.5 Å². The monoisotopic (exact) mass is 512 g/mol. The molecule has 0 amide bonds. The number of hydrogen-bond donors (Lipinski definition) is 0. The number of hydrogen-bond acceptors (Lipinski definition) is 5. The summed E-state index contributed by atoms with van der Waals surface area (Å²) in [5.74, 6) is 2.37. The molecule has 4 unspecified atom stereocenters. The zero-order valence-corrected chi connectivity index (χ0v) is 22.6. The van der Waals surface area contributed by atoms with Gasteiger partial charge in [0.25, 0.3) is 5.56 Å². The fourth-order valence-corrected chi connectivity index (χ4v) is 8.68. The molecule has 2 aliphatic carbocycles. The Morgan fingerprint density at radius 3 is 2.29 bits per heavy atom. The van der Waals surface area contributed by atoms with Gasteiger partial charge in [0.15, 0.2) is 0 Å². The van der Waals surface area contributed by atoms with Crippen LogP contribution in [0.3, 0.4) is 0 Å². The van der Waals surface area contributed by atoms with Gasteiger partial charge in [-0.3, -0.25) is 9.69 Å². The molecule has 0 N–H and O–H groups in total. The van der Waals surface area contributed by atoms with Gasteiger partial charge in [0.1, 0.15) is 5.69 Å². The quantitative estimate of drug-likeness (QED) is 0.406. The van der Waals surface area contributed by atoms with Gasteiger partial charge in [-0.1, -0.05) is 44.2 Å². The van der Waals surface area contributed by atoms with Gasteiger partial charge in [-0.05, 0) is 75.0 Å². The molecule has 2 saturated heterocycles. The Balaban J connectivity index is 1.25. The van der Waals surface area contributed by atoms with Crippen LogP contribution in [-0.4, -0.2) is 44.7 Å². The van der Waals surface area contributed by atoms with E-state index in [0.29, 0.717) is 23.7 Å². The number of piperidine rings is 2. The molecule has 4 aliphatic rings. The van der Waals surface area contributed by atoms with Crippen LogP contribution in [-0.2, 0) is 0 Å². The van der Waals surface area contributed by atoms with E-state index in [4.69, 9.17) is 9.72 Å². The van der Waals surface area contributed by atoms with Crippen molar-refractivity contribution in [3.05, 3.63) is 52.9 Å². The van der Waals surface area contributed by atoms with Crippen molar-refractivity contribution in [2.24, 2.45) is 11.8 Å². The Morgan fingerprint density at radius 1 is 0.816 bits per heavy atom. The molecular weight excluding hydrogens is 472 g/mol. The molecule has 1 aromatic carbocycles. The van der Waals surface area contributed by atoms with Crippen LogP contribution in [0.15, 0.2) is 47.4 Å². The number of aromatic nitrogens is 3. The minimum Gasteiger partial charge on any atom is -0.481 e. The van der Waals surface area contributed by atoms with Crippen LogP contribution in [0.5, 0.6) is 5.88 Å². The minimum absolute atomic E-state index is 0.0113. The fraction of sp³-hybridized carbons (Fsp3) is 0.594. The molecule has 2 aliphatic heterocycles. The number of nitrogens with zero attached hydrogens (tertiary/aromatic N) is 4. The summed E-state index contributed by atoms with van der Waals surface area (Å²) in [6.45, 7) is 0. The van der Waals surface area contributed by atoms with Crippen LogP contribution in [0.2, 0.25) is 0 Å². The maximum absolute atomic E-state index is 14.2. The highest BCUT2D eigenvalue weighted by Gasteiger charge is 2.45. The maximum atomic E-state index is 14.2. The molecule has 200 valence electrons. The first-order chi connectivity index (χ1) is 18.7. The first-order valence-corrected chi connectivity index (χ1v) is 15.0. The maximum Gasteiger partial charge on any atom is 0.277 e. The topological polar surface area (TPSA) is 60.2 Å². The average Bonchev–Trinajstić information content (AvgIpc) is 3.11. The highest BCUT2D eigenvalue weighted by molar-refractivity contribution is 5.78. The van der Waals surface area contributed by atoms with Crippen molar-refractivity contribution in [1.82, 2.24) is 19.4 Å². The molecule has 7 rings (SSSR count). The predicted molar refractivity (Wildman–Crippen MR) is 150 cm³/mol. The van der Waals surface area contributed by atoms with Crippen molar-refractivity contribution in [1.29, 1.82) is 0 Å². The van der Waals surface area contributed by atoms with Crippen molar-refractivity contribution < 1.29 is 4.74 Å². The summed E-state index contributed by atoms with van der Waals surface area (Å²) in [5, 5.41) is 0. The molecule has 6 heteroatoms. The van der Waals surface area contributed by atoms with Crippen molar-refractivity contribution in [2.45, 2.75) is 101 Å². The second-order valence-electron chi connectivity index (χ2n) is 12.4. The van der Waals surface area contributed by atoms with Gasteiger partial charge in [0.05, 0.1) is 18.1 Å². The normalized spacial score (nSPS) is 31.6. The van der Waals surface area contributed by atoms with E-state index in [9.17, 15) is 4.79 Å². The van der Waals surface area contributed by atoms with Gasteiger partial charge in [-0.15, -0.1) is 0 Å². The zero-order valence-electron chi connectivity index (χ0n) is 22.6. The summed E-state index contributed by atoms with van der Waals surface area (Å²) in [7, 11) is 1.60. The van der Waals surface area contributed by atoms with Crippen LogP contribution in [0.4, 0.5) is 0 Å². The van der Waals surface area contributed by atoms with Gasteiger partial charge >= 0.3 is 0 Å². The van der Waals surface area contributed by atoms with Gasteiger partial charge in [-0.2, -0.15) is 0 Å². The summed E-state index contributed by atoms with van der Waals surface area (Å²) >= 11 is 0. The Bertz CT molecular complexity index is 1340. The lowest BCUT2D eigenvalue weighted by Crippen LogP contribution is -2.58. The average molecular weight is 513 g/mol. The van der Waals surface area contributed by atoms with E-state index in [1.54, 1.807) is 13.3 Å². The van der Waals surface area contributed by atoms with Crippen LogP contribution >= 0.6 is 0 Å². The van der Waals surface area contributed by atoms with Crippen molar-refractivity contribution >= 4 is 11.0 Å². The molecule has 0 spiro atoms. The van der Waals surface area contributed by atoms with Gasteiger partial charge in [0.2, 0.25) is 5.88 Å². The molecule has 6 nitrogen and oxygen atoms in total. The lowest BCUT2D eigenvalue weighted by atomic mass is 9.73. The Kier molecular flexibility index (Phi) is 6.47. The van der Waals surface area contributed by atoms with Gasteiger partial charge in [0, 0.05) is 42.0 Å². The summed E-state index contributed by atoms with van der Waals surface area (Å²) in [4.78, 5) is 26.3. The molecule has 0 radical (unpaired) electrons. The Hall–Kier alpha value is -2.73. The van der Waals surface area contributed by atoms with Crippen molar-refractivity contribution in [2.75, 3.05) is 7.11 Å². The molecule has 4 bridgehead atoms. The summed E-state index contributed by atoms with van der Waals surface area (Å²) < 4.78 is 7.46. The van der Waals surface area contributed by atoms with Gasteiger partial charge < -0.3 is 9.30 Å². The largest absolute Gasteiger partial charge is 0.481 e. The van der Waals surface area contributed by atoms with E-state index in [1.807, 2.05) is 30.3 Å². The molecule has 2 saturated carbocycles. The standard InChI is InChI=1S/C32H40N4O2/c1-38-30-18-23(13-14-33-30)31-32(37)36(29-12-5-4-11-28(29)34-31)27-19-24-9-6-10-25(20-27)35(24)26-16-21-7-2-3-8-22(15-21)17-26/h4-5,11-14,18,21-22,24-27H,2-3,6-10,15-17,19-20H2,1H3. The lowest BCUT2D eigenvalue weighted by Gasteiger charge is -2.54. The summed E-state index contributed by atoms with van der Waals surface area (Å²) in [6.07, 6.45) is 17.7. The van der Waals surface area contributed by atoms with Crippen LogP contribution in [0.25, 0.3) is 22.3 Å². The fourth-order valence-electron chi connectivity index (χ4n) is 8.68. The molecule has 4 fully saturated rings. The third-order valence-electron chi connectivity index (χ3n) is 10.2. The molecule has 3 aromatic rings. The highest BCUT2D eigenvalue weighted by atomic mass is 16.5. The summed E-state index contributed by atoms with van der Waals surface area (Å²) in [5.41, 5.74) is 3.11. The number of ether oxygens (including phenoxy) is 1. The van der Waals surface area contributed by atoms with Crippen LogP contribution in [0.1, 0.15) is 83.1 Å². The van der Waals surface area contributed by atoms with Crippen LogP contribution in [0, 0.1) is 11.8 Å². The SMILES string of the molecule is COc1cc(-c2nc3ccccc3n(C3CC4CCCC(C3)N4C3CC4CCCCC(C4)C3)c2=O)ccn1. The van der Waals surface area contributed by atoms with Crippen molar-refractivity contribution in [3.63, 3.8) is 0 Å². The highest BCUT2D eigenvalue weighted by Crippen LogP contribution is 2.47. The lowest BCUT2D eigenvalue weighted by molar-refractivity contribution is -0.0420. The molecule has 38 heavy (non-hydrogen) atoms. The molecule has 4 atom stereocenters. The number of methoxy groups -OCH3 is 1. The number of pyridine rings is 1. The van der Waals surface area contributed by atoms with E-state index >= 15 is 0 Å². The van der Waals surface area contributed by atoms with Crippen molar-refractivity contribution in [3.8, 4) is 17.1 Å². The van der Waals surface area contributed by atoms with Gasteiger partial charge in [-0.25, -0.2) is 9.97 Å². The number of benzene rings is 1. The van der Waals surface area contributed by atoms with E-state index < -0.39 is 0 Å².